The van der Waals surface area contributed by atoms with E-state index < -0.39 is 5.91 Å². The molecule has 2 amide bonds. The maximum absolute atomic E-state index is 12.5. The van der Waals surface area contributed by atoms with Gasteiger partial charge in [-0.05, 0) is 30.3 Å². The fourth-order valence-corrected chi connectivity index (χ4v) is 3.53. The summed E-state index contributed by atoms with van der Waals surface area (Å²) in [4.78, 5) is 40.1. The van der Waals surface area contributed by atoms with Crippen molar-refractivity contribution in [1.82, 2.24) is 4.98 Å². The Balaban J connectivity index is 1.62. The van der Waals surface area contributed by atoms with Crippen molar-refractivity contribution in [3.63, 3.8) is 0 Å². The van der Waals surface area contributed by atoms with Gasteiger partial charge in [-0.1, -0.05) is 23.5 Å². The first-order chi connectivity index (χ1) is 13.0. The Morgan fingerprint density at radius 3 is 2.70 bits per heavy atom. The summed E-state index contributed by atoms with van der Waals surface area (Å²) in [6.07, 6.45) is 0. The van der Waals surface area contributed by atoms with Gasteiger partial charge in [0.2, 0.25) is 5.91 Å². The van der Waals surface area contributed by atoms with Crippen molar-refractivity contribution in [3.05, 3.63) is 64.5 Å². The summed E-state index contributed by atoms with van der Waals surface area (Å²) in [6.45, 7) is 1.43. The highest BCUT2D eigenvalue weighted by Gasteiger charge is 2.15. The molecule has 0 unspecified atom stereocenters. The van der Waals surface area contributed by atoms with E-state index in [4.69, 9.17) is 4.42 Å². The number of fused-ring (bicyclic) bond motifs is 2. The first-order valence-corrected chi connectivity index (χ1v) is 8.84. The smallest absolute Gasteiger partial charge is 0.293 e. The molecule has 0 spiro atoms. The Labute approximate surface area is 156 Å². The molecule has 2 aromatic carbocycles. The van der Waals surface area contributed by atoms with Crippen LogP contribution in [0.3, 0.4) is 0 Å². The Morgan fingerprint density at radius 2 is 1.89 bits per heavy atom. The van der Waals surface area contributed by atoms with Crippen molar-refractivity contribution in [2.75, 3.05) is 10.6 Å². The summed E-state index contributed by atoms with van der Waals surface area (Å²) < 4.78 is 6.33. The molecule has 8 heteroatoms. The van der Waals surface area contributed by atoms with Gasteiger partial charge >= 0.3 is 0 Å². The molecule has 0 saturated heterocycles. The van der Waals surface area contributed by atoms with E-state index in [0.29, 0.717) is 27.3 Å². The van der Waals surface area contributed by atoms with E-state index in [0.717, 1.165) is 4.70 Å². The van der Waals surface area contributed by atoms with Crippen LogP contribution in [0, 0.1) is 0 Å². The molecule has 134 valence electrons. The van der Waals surface area contributed by atoms with Crippen LogP contribution in [0.1, 0.15) is 17.5 Å². The number of nitrogens with zero attached hydrogens (tertiary/aromatic N) is 1. The van der Waals surface area contributed by atoms with Crippen LogP contribution in [0.4, 0.5) is 10.8 Å². The Morgan fingerprint density at radius 1 is 1.07 bits per heavy atom. The van der Waals surface area contributed by atoms with E-state index in [1.807, 2.05) is 0 Å². The molecular weight excluding hydrogens is 366 g/mol. The Kier molecular flexibility index (Phi) is 4.17. The van der Waals surface area contributed by atoms with Gasteiger partial charge in [-0.15, -0.1) is 0 Å². The number of thiazole rings is 1. The molecule has 0 saturated carbocycles. The largest absolute Gasteiger partial charge is 0.451 e. The average molecular weight is 379 g/mol. The molecule has 0 fully saturated rings. The van der Waals surface area contributed by atoms with Crippen molar-refractivity contribution in [3.8, 4) is 0 Å². The van der Waals surface area contributed by atoms with Crippen LogP contribution in [0.25, 0.3) is 21.2 Å². The van der Waals surface area contributed by atoms with Crippen LogP contribution in [-0.2, 0) is 4.79 Å². The van der Waals surface area contributed by atoms with Gasteiger partial charge in [0.1, 0.15) is 5.58 Å². The monoisotopic (exact) mass is 379 g/mol. The molecule has 4 rings (SSSR count). The number of rotatable bonds is 3. The number of carbonyl (C=O) groups excluding carboxylic acids is 2. The predicted molar refractivity (Wildman–Crippen MR) is 104 cm³/mol. The van der Waals surface area contributed by atoms with Crippen molar-refractivity contribution in [1.29, 1.82) is 0 Å². The normalized spacial score (nSPS) is 10.9. The lowest BCUT2D eigenvalue weighted by Gasteiger charge is -2.02. The quantitative estimate of drug-likeness (QED) is 0.566. The second-order valence-corrected chi connectivity index (χ2v) is 6.84. The number of hydrogen-bond acceptors (Lipinski definition) is 6. The highest BCUT2D eigenvalue weighted by Crippen LogP contribution is 2.28. The third-order valence-electron chi connectivity index (χ3n) is 3.79. The fraction of sp³-hybridized carbons (Fsp3) is 0.0526. The van der Waals surface area contributed by atoms with Crippen LogP contribution in [0.2, 0.25) is 0 Å². The van der Waals surface area contributed by atoms with Gasteiger partial charge in [-0.3, -0.25) is 19.7 Å². The Hall–Kier alpha value is -3.52. The van der Waals surface area contributed by atoms with E-state index in [-0.39, 0.29) is 17.1 Å². The van der Waals surface area contributed by atoms with Crippen LogP contribution in [0.5, 0.6) is 0 Å². The fourth-order valence-electron chi connectivity index (χ4n) is 2.63. The number of anilines is 2. The van der Waals surface area contributed by atoms with E-state index in [2.05, 4.69) is 15.6 Å². The van der Waals surface area contributed by atoms with E-state index in [1.165, 1.54) is 24.3 Å². The Bertz CT molecular complexity index is 1260. The molecule has 0 radical (unpaired) electrons. The van der Waals surface area contributed by atoms with Gasteiger partial charge in [0.15, 0.2) is 16.3 Å². The molecule has 2 heterocycles. The summed E-state index contributed by atoms with van der Waals surface area (Å²) in [5.41, 5.74) is 1.40. The molecule has 0 atom stereocenters. The second-order valence-electron chi connectivity index (χ2n) is 5.81. The minimum Gasteiger partial charge on any atom is -0.451 e. The van der Waals surface area contributed by atoms with Crippen LogP contribution in [0.15, 0.2) is 57.7 Å². The lowest BCUT2D eigenvalue weighted by atomic mass is 10.2. The second kappa shape index (κ2) is 6.65. The zero-order valence-electron chi connectivity index (χ0n) is 14.1. The summed E-state index contributed by atoms with van der Waals surface area (Å²) in [7, 11) is 0. The first-order valence-electron chi connectivity index (χ1n) is 8.02. The van der Waals surface area contributed by atoms with Crippen molar-refractivity contribution in [2.24, 2.45) is 0 Å². The van der Waals surface area contributed by atoms with Gasteiger partial charge in [-0.25, -0.2) is 4.98 Å². The number of nitrogens with one attached hydrogen (secondary N) is 2. The first kappa shape index (κ1) is 16.9. The van der Waals surface area contributed by atoms with E-state index in [1.54, 1.807) is 42.5 Å². The third-order valence-corrected chi connectivity index (χ3v) is 4.72. The van der Waals surface area contributed by atoms with E-state index >= 15 is 0 Å². The zero-order valence-corrected chi connectivity index (χ0v) is 14.9. The number of hydrogen-bond donors (Lipinski definition) is 2. The van der Waals surface area contributed by atoms with E-state index in [9.17, 15) is 14.4 Å². The summed E-state index contributed by atoms with van der Waals surface area (Å²) >= 11 is 1.26. The van der Waals surface area contributed by atoms with Gasteiger partial charge < -0.3 is 9.73 Å². The molecule has 0 aliphatic rings. The maximum atomic E-state index is 12.5. The summed E-state index contributed by atoms with van der Waals surface area (Å²) in [5, 5.41) is 6.13. The molecule has 0 aliphatic heterocycles. The number of amides is 2. The standard InChI is InChI=1S/C19H13N3O4S/c1-10(23)20-11-6-7-13-17(8-11)27-19(21-13)22-18(25)16-9-14(24)12-4-2-3-5-15(12)26-16/h2-9H,1H3,(H,20,23)(H,21,22,25). The van der Waals surface area contributed by atoms with Crippen molar-refractivity contribution < 1.29 is 14.0 Å². The molecule has 27 heavy (non-hydrogen) atoms. The summed E-state index contributed by atoms with van der Waals surface area (Å²) in [6, 6.07) is 13.2. The molecule has 7 nitrogen and oxygen atoms in total. The van der Waals surface area contributed by atoms with Crippen LogP contribution < -0.4 is 16.1 Å². The summed E-state index contributed by atoms with van der Waals surface area (Å²) in [5.74, 6) is -0.811. The van der Waals surface area contributed by atoms with Gasteiger partial charge in [0.05, 0.1) is 15.6 Å². The SMILES string of the molecule is CC(=O)Nc1ccc2nc(NC(=O)c3cc(=O)c4ccccc4o3)sc2c1. The predicted octanol–water partition coefficient (Wildman–Crippen LogP) is 3.61. The maximum Gasteiger partial charge on any atom is 0.293 e. The van der Waals surface area contributed by atoms with Crippen molar-refractivity contribution in [2.45, 2.75) is 6.92 Å². The highest BCUT2D eigenvalue weighted by molar-refractivity contribution is 7.22. The van der Waals surface area contributed by atoms with Gasteiger partial charge in [0, 0.05) is 18.7 Å². The highest BCUT2D eigenvalue weighted by atomic mass is 32.1. The zero-order chi connectivity index (χ0) is 19.0. The number of benzene rings is 2. The topological polar surface area (TPSA) is 101 Å². The van der Waals surface area contributed by atoms with Crippen LogP contribution in [-0.4, -0.2) is 16.8 Å². The molecular formula is C19H13N3O4S. The minimum atomic E-state index is -0.556. The minimum absolute atomic E-state index is 0.0862. The lowest BCUT2D eigenvalue weighted by molar-refractivity contribution is -0.114. The number of para-hydroxylation sites is 1. The van der Waals surface area contributed by atoms with Crippen molar-refractivity contribution >= 4 is 55.2 Å². The number of carbonyl (C=O) groups is 2. The lowest BCUT2D eigenvalue weighted by Crippen LogP contribution is -2.14. The van der Waals surface area contributed by atoms with Gasteiger partial charge in [0.25, 0.3) is 5.91 Å². The average Bonchev–Trinajstić information content (AvgIpc) is 3.02. The molecule has 2 aromatic heterocycles. The van der Waals surface area contributed by atoms with Crippen LogP contribution >= 0.6 is 11.3 Å². The molecule has 0 aliphatic carbocycles. The molecule has 2 N–H and O–H groups in total. The molecule has 4 aromatic rings. The van der Waals surface area contributed by atoms with Gasteiger partial charge in [-0.2, -0.15) is 0 Å². The number of aromatic nitrogens is 1. The molecule has 0 bridgehead atoms. The third kappa shape index (κ3) is 3.42.